The van der Waals surface area contributed by atoms with Crippen molar-refractivity contribution in [2.45, 2.75) is 64.0 Å². The molecule has 0 amide bonds. The summed E-state index contributed by atoms with van der Waals surface area (Å²) in [5, 5.41) is 0. The molecule has 110 valence electrons. The first-order chi connectivity index (χ1) is 9.06. The molecule has 2 fully saturated rings. The molecular formula is C15H28N2OS. The third-order valence-corrected chi connectivity index (χ3v) is 5.30. The molecule has 1 saturated carbocycles. The van der Waals surface area contributed by atoms with Gasteiger partial charge in [-0.05, 0) is 32.2 Å². The smallest absolute Gasteiger partial charge is 0.0768 e. The fourth-order valence-electron chi connectivity index (χ4n) is 3.66. The van der Waals surface area contributed by atoms with Gasteiger partial charge in [-0.15, -0.1) is 0 Å². The second kappa shape index (κ2) is 6.51. The summed E-state index contributed by atoms with van der Waals surface area (Å²) in [6.07, 6.45) is 7.53. The van der Waals surface area contributed by atoms with E-state index in [-0.39, 0.29) is 5.60 Å². The van der Waals surface area contributed by atoms with Crippen LogP contribution in [0.15, 0.2) is 0 Å². The molecular weight excluding hydrogens is 256 g/mol. The minimum absolute atomic E-state index is 0.197. The number of hydrogen-bond donors (Lipinski definition) is 1. The first-order valence-electron chi connectivity index (χ1n) is 7.73. The van der Waals surface area contributed by atoms with E-state index >= 15 is 0 Å². The molecule has 1 heterocycles. The van der Waals surface area contributed by atoms with Crippen LogP contribution in [0.25, 0.3) is 0 Å². The van der Waals surface area contributed by atoms with Crippen LogP contribution >= 0.6 is 12.2 Å². The van der Waals surface area contributed by atoms with Crippen molar-refractivity contribution in [3.63, 3.8) is 0 Å². The van der Waals surface area contributed by atoms with Gasteiger partial charge in [-0.1, -0.05) is 38.9 Å². The molecule has 1 aliphatic heterocycles. The summed E-state index contributed by atoms with van der Waals surface area (Å²) in [5.74, 6) is 0.303. The summed E-state index contributed by atoms with van der Waals surface area (Å²) in [6.45, 7) is 7.36. The second-order valence-electron chi connectivity index (χ2n) is 6.28. The molecule has 2 unspecified atom stereocenters. The SMILES string of the molecule is CCN(CC(C)C(N)=S)C1CCOC2(CCCC2)C1. The van der Waals surface area contributed by atoms with Crippen LogP contribution in [0.3, 0.4) is 0 Å². The molecule has 0 aromatic carbocycles. The Bertz CT molecular complexity index is 315. The standard InChI is InChI=1S/C15H28N2OS/c1-3-17(11-12(2)14(16)19)13-6-9-18-15(10-13)7-4-5-8-15/h12-13H,3-11H2,1-2H3,(H2,16,19). The lowest BCUT2D eigenvalue weighted by atomic mass is 9.87. The third kappa shape index (κ3) is 3.67. The summed E-state index contributed by atoms with van der Waals surface area (Å²) < 4.78 is 6.13. The zero-order chi connectivity index (χ0) is 13.9. The van der Waals surface area contributed by atoms with E-state index in [4.69, 9.17) is 22.7 Å². The van der Waals surface area contributed by atoms with Gasteiger partial charge in [0.1, 0.15) is 0 Å². The molecule has 0 bridgehead atoms. The number of ether oxygens (including phenoxy) is 1. The molecule has 1 aliphatic carbocycles. The van der Waals surface area contributed by atoms with Gasteiger partial charge >= 0.3 is 0 Å². The quantitative estimate of drug-likeness (QED) is 0.788. The Balaban J connectivity index is 1.96. The first kappa shape index (κ1) is 15.2. The van der Waals surface area contributed by atoms with Crippen LogP contribution in [-0.4, -0.2) is 41.2 Å². The topological polar surface area (TPSA) is 38.5 Å². The minimum atomic E-state index is 0.197. The van der Waals surface area contributed by atoms with E-state index in [1.54, 1.807) is 0 Å². The Labute approximate surface area is 122 Å². The average Bonchev–Trinajstić information content (AvgIpc) is 2.83. The van der Waals surface area contributed by atoms with Crippen molar-refractivity contribution < 1.29 is 4.74 Å². The zero-order valence-corrected chi connectivity index (χ0v) is 13.2. The molecule has 2 atom stereocenters. The highest BCUT2D eigenvalue weighted by Gasteiger charge is 2.41. The summed E-state index contributed by atoms with van der Waals surface area (Å²) in [4.78, 5) is 3.20. The predicted octanol–water partition coefficient (Wildman–Crippen LogP) is 2.72. The van der Waals surface area contributed by atoms with Crippen molar-refractivity contribution in [3.05, 3.63) is 0 Å². The van der Waals surface area contributed by atoms with Gasteiger partial charge in [0, 0.05) is 25.1 Å². The van der Waals surface area contributed by atoms with E-state index in [9.17, 15) is 0 Å². The lowest BCUT2D eigenvalue weighted by Gasteiger charge is -2.43. The zero-order valence-electron chi connectivity index (χ0n) is 12.4. The minimum Gasteiger partial charge on any atom is -0.393 e. The number of rotatable bonds is 5. The fourth-order valence-corrected chi connectivity index (χ4v) is 3.73. The van der Waals surface area contributed by atoms with E-state index < -0.39 is 0 Å². The number of nitrogens with zero attached hydrogens (tertiary/aromatic N) is 1. The van der Waals surface area contributed by atoms with E-state index in [0.29, 0.717) is 16.9 Å². The highest BCUT2D eigenvalue weighted by Crippen LogP contribution is 2.41. The van der Waals surface area contributed by atoms with Gasteiger partial charge in [0.2, 0.25) is 0 Å². The molecule has 19 heavy (non-hydrogen) atoms. The molecule has 2 aliphatic rings. The van der Waals surface area contributed by atoms with Crippen molar-refractivity contribution in [2.24, 2.45) is 11.7 Å². The number of nitrogens with two attached hydrogens (primary N) is 1. The Morgan fingerprint density at radius 1 is 1.47 bits per heavy atom. The van der Waals surface area contributed by atoms with Crippen LogP contribution in [-0.2, 0) is 4.74 Å². The molecule has 2 rings (SSSR count). The summed E-state index contributed by atoms with van der Waals surface area (Å²) >= 11 is 5.11. The van der Waals surface area contributed by atoms with Gasteiger partial charge < -0.3 is 10.5 Å². The van der Waals surface area contributed by atoms with Crippen molar-refractivity contribution in [3.8, 4) is 0 Å². The van der Waals surface area contributed by atoms with Crippen molar-refractivity contribution in [1.82, 2.24) is 4.90 Å². The molecule has 1 spiro atoms. The van der Waals surface area contributed by atoms with Crippen LogP contribution in [0.5, 0.6) is 0 Å². The van der Waals surface area contributed by atoms with Gasteiger partial charge in [-0.3, -0.25) is 4.90 Å². The van der Waals surface area contributed by atoms with Crippen molar-refractivity contribution in [2.75, 3.05) is 19.7 Å². The molecule has 4 heteroatoms. The van der Waals surface area contributed by atoms with E-state index in [1.165, 1.54) is 32.1 Å². The van der Waals surface area contributed by atoms with E-state index in [1.807, 2.05) is 0 Å². The average molecular weight is 284 g/mol. The maximum Gasteiger partial charge on any atom is 0.0768 e. The van der Waals surface area contributed by atoms with Crippen molar-refractivity contribution in [1.29, 1.82) is 0 Å². The van der Waals surface area contributed by atoms with Gasteiger partial charge in [-0.2, -0.15) is 0 Å². The maximum atomic E-state index is 6.13. The molecule has 1 saturated heterocycles. The van der Waals surface area contributed by atoms with Crippen LogP contribution in [0, 0.1) is 5.92 Å². The monoisotopic (exact) mass is 284 g/mol. The van der Waals surface area contributed by atoms with Crippen molar-refractivity contribution >= 4 is 17.2 Å². The number of hydrogen-bond acceptors (Lipinski definition) is 3. The lowest BCUT2D eigenvalue weighted by molar-refractivity contribution is -0.102. The third-order valence-electron chi connectivity index (χ3n) is 4.90. The maximum absolute atomic E-state index is 6.13. The highest BCUT2D eigenvalue weighted by atomic mass is 32.1. The fraction of sp³-hybridized carbons (Fsp3) is 0.933. The highest BCUT2D eigenvalue weighted by molar-refractivity contribution is 7.80. The number of thiocarbonyl (C=S) groups is 1. The van der Waals surface area contributed by atoms with Gasteiger partial charge in [-0.25, -0.2) is 0 Å². The van der Waals surface area contributed by atoms with E-state index in [0.717, 1.165) is 26.1 Å². The summed E-state index contributed by atoms with van der Waals surface area (Å²) in [5.41, 5.74) is 5.96. The van der Waals surface area contributed by atoms with Crippen LogP contribution in [0.4, 0.5) is 0 Å². The Hall–Kier alpha value is -0.190. The Morgan fingerprint density at radius 2 is 2.16 bits per heavy atom. The lowest BCUT2D eigenvalue weighted by Crippen LogP contribution is -2.49. The summed E-state index contributed by atoms with van der Waals surface area (Å²) in [7, 11) is 0. The van der Waals surface area contributed by atoms with Crippen LogP contribution in [0.1, 0.15) is 52.4 Å². The van der Waals surface area contributed by atoms with Crippen LogP contribution in [0.2, 0.25) is 0 Å². The first-order valence-corrected chi connectivity index (χ1v) is 8.14. The van der Waals surface area contributed by atoms with Gasteiger partial charge in [0.05, 0.1) is 10.6 Å². The molecule has 0 aromatic heterocycles. The van der Waals surface area contributed by atoms with Gasteiger partial charge in [0.15, 0.2) is 0 Å². The largest absolute Gasteiger partial charge is 0.393 e. The summed E-state index contributed by atoms with van der Waals surface area (Å²) in [6, 6.07) is 0.647. The molecule has 3 nitrogen and oxygen atoms in total. The molecule has 0 aromatic rings. The van der Waals surface area contributed by atoms with Gasteiger partial charge in [0.25, 0.3) is 0 Å². The predicted molar refractivity (Wildman–Crippen MR) is 83.4 cm³/mol. The Kier molecular flexibility index (Phi) is 5.21. The molecule has 2 N–H and O–H groups in total. The second-order valence-corrected chi connectivity index (χ2v) is 6.75. The normalized spacial score (nSPS) is 27.8. The molecule has 0 radical (unpaired) electrons. The Morgan fingerprint density at radius 3 is 2.74 bits per heavy atom. The van der Waals surface area contributed by atoms with E-state index in [2.05, 4.69) is 18.7 Å². The van der Waals surface area contributed by atoms with Crippen LogP contribution < -0.4 is 5.73 Å².